The van der Waals surface area contributed by atoms with E-state index < -0.39 is 11.9 Å². The van der Waals surface area contributed by atoms with Crippen LogP contribution in [0, 0.1) is 5.82 Å². The van der Waals surface area contributed by atoms with E-state index in [-0.39, 0.29) is 24.8 Å². The Balaban J connectivity index is 1.63. The van der Waals surface area contributed by atoms with Crippen LogP contribution in [-0.4, -0.2) is 18.4 Å². The molecular formula is C23H20ClFN2O2. The number of nitrogens with one attached hydrogen (secondary N) is 2. The van der Waals surface area contributed by atoms with Crippen molar-refractivity contribution in [2.45, 2.75) is 12.5 Å². The molecule has 4 nitrogen and oxygen atoms in total. The van der Waals surface area contributed by atoms with Gasteiger partial charge in [0.2, 0.25) is 11.8 Å². The van der Waals surface area contributed by atoms with E-state index in [0.717, 1.165) is 11.1 Å². The number of carbonyl (C=O) groups is 2. The van der Waals surface area contributed by atoms with Gasteiger partial charge in [-0.1, -0.05) is 66.2 Å². The Bertz CT molecular complexity index is 995. The van der Waals surface area contributed by atoms with E-state index in [0.29, 0.717) is 10.6 Å². The van der Waals surface area contributed by atoms with Crippen molar-refractivity contribution in [3.8, 4) is 0 Å². The summed E-state index contributed by atoms with van der Waals surface area (Å²) in [5.74, 6) is -1.10. The monoisotopic (exact) mass is 410 g/mol. The van der Waals surface area contributed by atoms with Gasteiger partial charge in [0.05, 0.1) is 19.0 Å². The van der Waals surface area contributed by atoms with Crippen LogP contribution in [-0.2, 0) is 16.0 Å². The van der Waals surface area contributed by atoms with Crippen molar-refractivity contribution in [1.82, 2.24) is 10.6 Å². The summed E-state index contributed by atoms with van der Waals surface area (Å²) in [7, 11) is 0. The molecule has 29 heavy (non-hydrogen) atoms. The molecule has 0 aliphatic rings. The number of benzene rings is 3. The van der Waals surface area contributed by atoms with Crippen LogP contribution in [0.25, 0.3) is 0 Å². The number of hydrogen-bond acceptors (Lipinski definition) is 2. The van der Waals surface area contributed by atoms with Crippen molar-refractivity contribution >= 4 is 23.4 Å². The molecule has 3 rings (SSSR count). The van der Waals surface area contributed by atoms with Crippen LogP contribution in [0.5, 0.6) is 0 Å². The number of hydrogen-bond donors (Lipinski definition) is 2. The average molecular weight is 411 g/mol. The van der Waals surface area contributed by atoms with E-state index in [1.165, 1.54) is 12.1 Å². The normalized spacial score (nSPS) is 11.5. The summed E-state index contributed by atoms with van der Waals surface area (Å²) in [5, 5.41) is 6.07. The lowest BCUT2D eigenvalue weighted by Crippen LogP contribution is -2.39. The number of carbonyl (C=O) groups excluding carboxylic acids is 2. The van der Waals surface area contributed by atoms with Gasteiger partial charge in [-0.3, -0.25) is 9.59 Å². The van der Waals surface area contributed by atoms with E-state index in [1.807, 2.05) is 42.5 Å². The van der Waals surface area contributed by atoms with Crippen LogP contribution < -0.4 is 10.6 Å². The van der Waals surface area contributed by atoms with E-state index in [1.54, 1.807) is 24.3 Å². The van der Waals surface area contributed by atoms with Crippen LogP contribution in [0.1, 0.15) is 22.7 Å². The van der Waals surface area contributed by atoms with Crippen molar-refractivity contribution in [2.75, 3.05) is 6.54 Å². The summed E-state index contributed by atoms with van der Waals surface area (Å²) in [5.41, 5.74) is 2.28. The molecule has 3 aromatic carbocycles. The van der Waals surface area contributed by atoms with E-state index in [4.69, 9.17) is 11.6 Å². The summed E-state index contributed by atoms with van der Waals surface area (Å²) in [4.78, 5) is 24.5. The SMILES string of the molecule is O=C(Cc1cccc(F)c1)NCC(=O)NC(c1ccccc1)c1cccc(Cl)c1. The summed E-state index contributed by atoms with van der Waals surface area (Å²) in [6, 6.07) is 22.2. The topological polar surface area (TPSA) is 58.2 Å². The zero-order valence-corrected chi connectivity index (χ0v) is 16.3. The van der Waals surface area contributed by atoms with Gasteiger partial charge in [0.1, 0.15) is 5.82 Å². The average Bonchev–Trinajstić information content (AvgIpc) is 2.71. The van der Waals surface area contributed by atoms with Crippen LogP contribution in [0.4, 0.5) is 4.39 Å². The third-order valence-electron chi connectivity index (χ3n) is 4.32. The molecule has 0 saturated heterocycles. The molecule has 0 aromatic heterocycles. The van der Waals surface area contributed by atoms with Crippen molar-refractivity contribution in [3.05, 3.63) is 106 Å². The van der Waals surface area contributed by atoms with Crippen molar-refractivity contribution in [3.63, 3.8) is 0 Å². The van der Waals surface area contributed by atoms with Gasteiger partial charge >= 0.3 is 0 Å². The second kappa shape index (κ2) is 9.85. The minimum absolute atomic E-state index is 0.00144. The Morgan fingerprint density at radius 2 is 1.59 bits per heavy atom. The van der Waals surface area contributed by atoms with Gasteiger partial charge < -0.3 is 10.6 Å². The second-order valence-electron chi connectivity index (χ2n) is 6.55. The second-order valence-corrected chi connectivity index (χ2v) is 6.99. The van der Waals surface area contributed by atoms with Crippen LogP contribution >= 0.6 is 11.6 Å². The Labute approximate surface area is 173 Å². The molecule has 0 radical (unpaired) electrons. The molecule has 0 bridgehead atoms. The highest BCUT2D eigenvalue weighted by Gasteiger charge is 2.17. The molecule has 0 saturated carbocycles. The van der Waals surface area contributed by atoms with Crippen LogP contribution in [0.15, 0.2) is 78.9 Å². The first kappa shape index (κ1) is 20.6. The minimum Gasteiger partial charge on any atom is -0.347 e. The first-order valence-corrected chi connectivity index (χ1v) is 9.50. The summed E-state index contributed by atoms with van der Waals surface area (Å²) in [6.45, 7) is -0.182. The third-order valence-corrected chi connectivity index (χ3v) is 4.56. The minimum atomic E-state index is -0.403. The number of rotatable bonds is 7. The fourth-order valence-electron chi connectivity index (χ4n) is 2.98. The molecule has 2 amide bonds. The lowest BCUT2D eigenvalue weighted by molar-refractivity contribution is -0.126. The van der Waals surface area contributed by atoms with Gasteiger partial charge in [-0.15, -0.1) is 0 Å². The molecule has 148 valence electrons. The Kier molecular flexibility index (Phi) is 6.98. The summed E-state index contributed by atoms with van der Waals surface area (Å²) >= 11 is 6.11. The Morgan fingerprint density at radius 1 is 0.862 bits per heavy atom. The molecule has 2 N–H and O–H groups in total. The van der Waals surface area contributed by atoms with E-state index in [9.17, 15) is 14.0 Å². The molecule has 3 aromatic rings. The first-order chi connectivity index (χ1) is 14.0. The van der Waals surface area contributed by atoms with Gasteiger partial charge in [-0.2, -0.15) is 0 Å². The highest BCUT2D eigenvalue weighted by molar-refractivity contribution is 6.30. The van der Waals surface area contributed by atoms with Crippen LogP contribution in [0.2, 0.25) is 5.02 Å². The van der Waals surface area contributed by atoms with Crippen LogP contribution in [0.3, 0.4) is 0 Å². The maximum atomic E-state index is 13.2. The maximum Gasteiger partial charge on any atom is 0.240 e. The lowest BCUT2D eigenvalue weighted by Gasteiger charge is -2.20. The van der Waals surface area contributed by atoms with Crippen molar-refractivity contribution in [2.24, 2.45) is 0 Å². The van der Waals surface area contributed by atoms with Crippen molar-refractivity contribution in [1.29, 1.82) is 0 Å². The molecular weight excluding hydrogens is 391 g/mol. The largest absolute Gasteiger partial charge is 0.347 e. The third kappa shape index (κ3) is 6.16. The molecule has 1 unspecified atom stereocenters. The molecule has 0 heterocycles. The lowest BCUT2D eigenvalue weighted by atomic mass is 9.98. The van der Waals surface area contributed by atoms with Gasteiger partial charge in [0, 0.05) is 5.02 Å². The molecule has 0 aliphatic heterocycles. The predicted octanol–water partition coefficient (Wildman–Crippen LogP) is 4.04. The Morgan fingerprint density at radius 3 is 2.31 bits per heavy atom. The molecule has 0 spiro atoms. The van der Waals surface area contributed by atoms with Crippen molar-refractivity contribution < 1.29 is 14.0 Å². The zero-order valence-electron chi connectivity index (χ0n) is 15.6. The summed E-state index contributed by atoms with van der Waals surface area (Å²) < 4.78 is 13.2. The predicted molar refractivity (Wildman–Crippen MR) is 111 cm³/mol. The first-order valence-electron chi connectivity index (χ1n) is 9.12. The Hall–Kier alpha value is -3.18. The fraction of sp³-hybridized carbons (Fsp3) is 0.130. The van der Waals surface area contributed by atoms with Gasteiger partial charge in [-0.05, 0) is 41.0 Å². The highest BCUT2D eigenvalue weighted by Crippen LogP contribution is 2.24. The van der Waals surface area contributed by atoms with E-state index in [2.05, 4.69) is 10.6 Å². The molecule has 6 heteroatoms. The smallest absolute Gasteiger partial charge is 0.240 e. The fourth-order valence-corrected chi connectivity index (χ4v) is 3.18. The molecule has 0 aliphatic carbocycles. The van der Waals surface area contributed by atoms with Gasteiger partial charge in [-0.25, -0.2) is 4.39 Å². The zero-order chi connectivity index (χ0) is 20.6. The molecule has 0 fully saturated rings. The van der Waals surface area contributed by atoms with Gasteiger partial charge in [0.15, 0.2) is 0 Å². The maximum absolute atomic E-state index is 13.2. The van der Waals surface area contributed by atoms with E-state index >= 15 is 0 Å². The molecule has 1 atom stereocenters. The standard InChI is InChI=1S/C23H20ClFN2O2/c24-19-10-5-9-18(14-19)23(17-7-2-1-3-8-17)27-22(29)15-26-21(28)13-16-6-4-11-20(25)12-16/h1-12,14,23H,13,15H2,(H,26,28)(H,27,29). The number of amides is 2. The van der Waals surface area contributed by atoms with Gasteiger partial charge in [0.25, 0.3) is 0 Å². The quantitative estimate of drug-likeness (QED) is 0.617. The number of halogens is 2. The summed E-state index contributed by atoms with van der Waals surface area (Å²) in [6.07, 6.45) is 0.00144. The highest BCUT2D eigenvalue weighted by atomic mass is 35.5.